The summed E-state index contributed by atoms with van der Waals surface area (Å²) in [6.07, 6.45) is 1.79. The number of hydrogen-bond acceptors (Lipinski definition) is 2. The molecule has 3 rings (SSSR count). The second kappa shape index (κ2) is 4.39. The maximum atomic E-state index is 13.0. The molecule has 0 spiro atoms. The van der Waals surface area contributed by atoms with Gasteiger partial charge < -0.3 is 4.74 Å². The predicted molar refractivity (Wildman–Crippen MR) is 71.9 cm³/mol. The Morgan fingerprint density at radius 1 is 1.16 bits per heavy atom. The van der Waals surface area contributed by atoms with E-state index in [1.807, 2.05) is 36.9 Å². The fraction of sp³-hybridized carbons (Fsp3) is 0.133. The number of aryl methyl sites for hydroxylation is 2. The molecular weight excluding hydrogens is 243 g/mol. The van der Waals surface area contributed by atoms with Gasteiger partial charge in [-0.3, -0.25) is 4.68 Å². The van der Waals surface area contributed by atoms with E-state index in [0.717, 1.165) is 22.2 Å². The zero-order valence-corrected chi connectivity index (χ0v) is 10.7. The molecule has 96 valence electrons. The average molecular weight is 256 g/mol. The summed E-state index contributed by atoms with van der Waals surface area (Å²) >= 11 is 0. The number of benzene rings is 2. The maximum absolute atomic E-state index is 13.0. The average Bonchev–Trinajstić information content (AvgIpc) is 2.74. The van der Waals surface area contributed by atoms with Gasteiger partial charge in [-0.05, 0) is 48.9 Å². The number of hydrogen-bond donors (Lipinski definition) is 0. The van der Waals surface area contributed by atoms with Gasteiger partial charge in [0, 0.05) is 12.4 Å². The van der Waals surface area contributed by atoms with Gasteiger partial charge in [-0.25, -0.2) is 4.39 Å². The largest absolute Gasteiger partial charge is 0.457 e. The molecule has 0 aliphatic carbocycles. The molecule has 4 heteroatoms. The third-order valence-electron chi connectivity index (χ3n) is 3.08. The van der Waals surface area contributed by atoms with Crippen molar-refractivity contribution in [1.29, 1.82) is 0 Å². The minimum absolute atomic E-state index is 0.257. The molecule has 0 atom stereocenters. The highest BCUT2D eigenvalue weighted by Gasteiger charge is 2.05. The van der Waals surface area contributed by atoms with E-state index in [-0.39, 0.29) is 5.82 Å². The van der Waals surface area contributed by atoms with Crippen LogP contribution in [0.25, 0.3) is 10.9 Å². The standard InChI is InChI=1S/C15H13FN2O/c1-10-7-12(16)3-6-15(10)19-13-4-5-14-11(8-13)9-17-18(14)2/h3-9H,1-2H3. The Kier molecular flexibility index (Phi) is 2.71. The van der Waals surface area contributed by atoms with Crippen molar-refractivity contribution in [3.8, 4) is 11.5 Å². The molecule has 0 N–H and O–H groups in total. The molecule has 3 nitrogen and oxygen atoms in total. The second-order valence-corrected chi connectivity index (χ2v) is 4.50. The lowest BCUT2D eigenvalue weighted by atomic mass is 10.2. The van der Waals surface area contributed by atoms with E-state index in [1.165, 1.54) is 12.1 Å². The van der Waals surface area contributed by atoms with Crippen molar-refractivity contribution in [3.63, 3.8) is 0 Å². The first-order valence-electron chi connectivity index (χ1n) is 5.99. The maximum Gasteiger partial charge on any atom is 0.130 e. The molecule has 1 heterocycles. The Bertz CT molecular complexity index is 749. The minimum atomic E-state index is -0.257. The van der Waals surface area contributed by atoms with Crippen LogP contribution in [0.4, 0.5) is 4.39 Å². The van der Waals surface area contributed by atoms with Gasteiger partial charge in [-0.15, -0.1) is 0 Å². The first-order chi connectivity index (χ1) is 9.13. The molecule has 0 aliphatic rings. The molecule has 3 aromatic rings. The molecule has 0 bridgehead atoms. The second-order valence-electron chi connectivity index (χ2n) is 4.50. The van der Waals surface area contributed by atoms with Gasteiger partial charge in [-0.1, -0.05) is 0 Å². The minimum Gasteiger partial charge on any atom is -0.457 e. The van der Waals surface area contributed by atoms with Crippen molar-refractivity contribution >= 4 is 10.9 Å². The van der Waals surface area contributed by atoms with Crippen LogP contribution < -0.4 is 4.74 Å². The van der Waals surface area contributed by atoms with E-state index in [1.54, 1.807) is 12.3 Å². The van der Waals surface area contributed by atoms with Gasteiger partial charge in [0.25, 0.3) is 0 Å². The topological polar surface area (TPSA) is 27.1 Å². The lowest BCUT2D eigenvalue weighted by Crippen LogP contribution is -1.90. The van der Waals surface area contributed by atoms with Crippen LogP contribution in [-0.2, 0) is 7.05 Å². The highest BCUT2D eigenvalue weighted by atomic mass is 19.1. The van der Waals surface area contributed by atoms with E-state index in [4.69, 9.17) is 4.74 Å². The summed E-state index contributed by atoms with van der Waals surface area (Å²) in [5.74, 6) is 1.12. The van der Waals surface area contributed by atoms with Crippen LogP contribution in [0.1, 0.15) is 5.56 Å². The zero-order valence-electron chi connectivity index (χ0n) is 10.7. The number of aromatic nitrogens is 2. The first kappa shape index (κ1) is 11.7. The van der Waals surface area contributed by atoms with Crippen LogP contribution in [0.5, 0.6) is 11.5 Å². The van der Waals surface area contributed by atoms with Gasteiger partial charge in [0.05, 0.1) is 11.7 Å². The van der Waals surface area contributed by atoms with Crippen molar-refractivity contribution in [3.05, 3.63) is 54.0 Å². The Morgan fingerprint density at radius 3 is 2.79 bits per heavy atom. The summed E-state index contributed by atoms with van der Waals surface area (Å²) in [5.41, 5.74) is 1.81. The molecule has 2 aromatic carbocycles. The number of halogens is 1. The molecule has 0 saturated heterocycles. The van der Waals surface area contributed by atoms with Gasteiger partial charge in [0.15, 0.2) is 0 Å². The van der Waals surface area contributed by atoms with E-state index in [2.05, 4.69) is 5.10 Å². The van der Waals surface area contributed by atoms with Crippen LogP contribution in [0, 0.1) is 12.7 Å². The monoisotopic (exact) mass is 256 g/mol. The van der Waals surface area contributed by atoms with E-state index in [9.17, 15) is 4.39 Å². The fourth-order valence-electron chi connectivity index (χ4n) is 2.06. The third kappa shape index (κ3) is 2.17. The SMILES string of the molecule is Cc1cc(F)ccc1Oc1ccc2c(cnn2C)c1. The number of rotatable bonds is 2. The summed E-state index contributed by atoms with van der Waals surface area (Å²) in [6.45, 7) is 1.82. The van der Waals surface area contributed by atoms with Crippen molar-refractivity contribution in [2.45, 2.75) is 6.92 Å². The van der Waals surface area contributed by atoms with E-state index < -0.39 is 0 Å². The molecule has 0 aliphatic heterocycles. The summed E-state index contributed by atoms with van der Waals surface area (Å²) in [7, 11) is 1.90. The molecule has 0 amide bonds. The fourth-order valence-corrected chi connectivity index (χ4v) is 2.06. The number of fused-ring (bicyclic) bond motifs is 1. The summed E-state index contributed by atoms with van der Waals surface area (Å²) in [4.78, 5) is 0. The van der Waals surface area contributed by atoms with Crippen LogP contribution >= 0.6 is 0 Å². The van der Waals surface area contributed by atoms with Crippen molar-refractivity contribution in [2.75, 3.05) is 0 Å². The van der Waals surface area contributed by atoms with Crippen molar-refractivity contribution < 1.29 is 9.13 Å². The van der Waals surface area contributed by atoms with Crippen molar-refractivity contribution in [2.24, 2.45) is 7.05 Å². The number of ether oxygens (including phenoxy) is 1. The third-order valence-corrected chi connectivity index (χ3v) is 3.08. The predicted octanol–water partition coefficient (Wildman–Crippen LogP) is 3.81. The van der Waals surface area contributed by atoms with Crippen LogP contribution in [0.2, 0.25) is 0 Å². The lowest BCUT2D eigenvalue weighted by Gasteiger charge is -2.08. The van der Waals surface area contributed by atoms with Crippen LogP contribution in [-0.4, -0.2) is 9.78 Å². The van der Waals surface area contributed by atoms with Gasteiger partial charge in [0.2, 0.25) is 0 Å². The molecule has 0 saturated carbocycles. The molecule has 1 aromatic heterocycles. The molecular formula is C15H13FN2O. The van der Waals surface area contributed by atoms with Crippen molar-refractivity contribution in [1.82, 2.24) is 9.78 Å². The van der Waals surface area contributed by atoms with Gasteiger partial charge in [-0.2, -0.15) is 5.10 Å². The zero-order chi connectivity index (χ0) is 13.4. The summed E-state index contributed by atoms with van der Waals surface area (Å²) in [5, 5.41) is 5.20. The Morgan fingerprint density at radius 2 is 2.00 bits per heavy atom. The highest BCUT2D eigenvalue weighted by molar-refractivity contribution is 5.80. The normalized spacial score (nSPS) is 10.9. The Hall–Kier alpha value is -2.36. The lowest BCUT2D eigenvalue weighted by molar-refractivity contribution is 0.477. The van der Waals surface area contributed by atoms with Crippen LogP contribution in [0.3, 0.4) is 0 Å². The smallest absolute Gasteiger partial charge is 0.130 e. The first-order valence-corrected chi connectivity index (χ1v) is 5.99. The quantitative estimate of drug-likeness (QED) is 0.697. The number of nitrogens with zero attached hydrogens (tertiary/aromatic N) is 2. The van der Waals surface area contributed by atoms with E-state index in [0.29, 0.717) is 5.75 Å². The van der Waals surface area contributed by atoms with Gasteiger partial charge >= 0.3 is 0 Å². The van der Waals surface area contributed by atoms with E-state index >= 15 is 0 Å². The molecule has 0 unspecified atom stereocenters. The molecule has 0 fully saturated rings. The molecule has 0 radical (unpaired) electrons. The molecule has 19 heavy (non-hydrogen) atoms. The Labute approximate surface area is 110 Å². The Balaban J connectivity index is 1.96. The summed E-state index contributed by atoms with van der Waals surface area (Å²) < 4.78 is 20.6. The highest BCUT2D eigenvalue weighted by Crippen LogP contribution is 2.27. The summed E-state index contributed by atoms with van der Waals surface area (Å²) in [6, 6.07) is 10.2. The van der Waals surface area contributed by atoms with Gasteiger partial charge in [0.1, 0.15) is 17.3 Å². The van der Waals surface area contributed by atoms with Crippen LogP contribution in [0.15, 0.2) is 42.6 Å².